The fraction of sp³-hybridized carbons (Fsp3) is 0.800. The second-order valence-corrected chi connectivity index (χ2v) is 5.46. The number of thioether (sulfide) groups is 2. The molecule has 0 aromatic heterocycles. The summed E-state index contributed by atoms with van der Waals surface area (Å²) in [5, 5.41) is 22.4. The summed E-state index contributed by atoms with van der Waals surface area (Å²) in [5.74, 6) is 1.54. The van der Waals surface area contributed by atoms with E-state index in [1.807, 2.05) is 0 Å². The van der Waals surface area contributed by atoms with Crippen LogP contribution in [0.3, 0.4) is 0 Å². The summed E-state index contributed by atoms with van der Waals surface area (Å²) in [5.41, 5.74) is 0. The van der Waals surface area contributed by atoms with E-state index in [-0.39, 0.29) is 25.0 Å². The number of aliphatic hydroxyl groups excluding tert-OH is 2. The third kappa shape index (κ3) is 12.0. The molecule has 6 nitrogen and oxygen atoms in total. The Morgan fingerprint density at radius 1 is 0.833 bits per heavy atom. The van der Waals surface area contributed by atoms with Gasteiger partial charge in [0, 0.05) is 24.6 Å². The molecule has 18 heavy (non-hydrogen) atoms. The van der Waals surface area contributed by atoms with Gasteiger partial charge in [0.1, 0.15) is 0 Å². The predicted octanol–water partition coefficient (Wildman–Crippen LogP) is -1.33. The van der Waals surface area contributed by atoms with Crippen LogP contribution in [-0.4, -0.2) is 71.3 Å². The number of carbonyl (C=O) groups excluding carboxylic acids is 2. The van der Waals surface area contributed by atoms with E-state index in [0.29, 0.717) is 36.1 Å². The molecule has 8 heteroatoms. The molecule has 0 spiro atoms. The molecule has 2 amide bonds. The third-order valence-electron chi connectivity index (χ3n) is 1.71. The van der Waals surface area contributed by atoms with Crippen LogP contribution in [0.15, 0.2) is 0 Å². The van der Waals surface area contributed by atoms with E-state index in [1.54, 1.807) is 0 Å². The molecule has 0 fully saturated rings. The highest BCUT2D eigenvalue weighted by Crippen LogP contribution is 1.97. The van der Waals surface area contributed by atoms with Gasteiger partial charge in [-0.3, -0.25) is 9.59 Å². The molecule has 0 aliphatic heterocycles. The van der Waals surface area contributed by atoms with Crippen LogP contribution in [0.2, 0.25) is 0 Å². The van der Waals surface area contributed by atoms with Crippen LogP contribution in [0.4, 0.5) is 0 Å². The first-order valence-electron chi connectivity index (χ1n) is 5.61. The Morgan fingerprint density at radius 2 is 1.22 bits per heavy atom. The molecule has 0 heterocycles. The maximum absolute atomic E-state index is 11.2. The summed E-state index contributed by atoms with van der Waals surface area (Å²) >= 11 is 2.73. The first kappa shape index (κ1) is 17.6. The minimum Gasteiger partial charge on any atom is -0.396 e. The summed E-state index contributed by atoms with van der Waals surface area (Å²) in [4.78, 5) is 22.4. The van der Waals surface area contributed by atoms with Gasteiger partial charge in [-0.25, -0.2) is 0 Å². The SMILES string of the molecule is O=C(CSCCO)NCCNC(=O)CSCCO. The van der Waals surface area contributed by atoms with E-state index in [4.69, 9.17) is 10.2 Å². The predicted molar refractivity (Wildman–Crippen MR) is 74.8 cm³/mol. The van der Waals surface area contributed by atoms with E-state index in [0.717, 1.165) is 0 Å². The highest BCUT2D eigenvalue weighted by molar-refractivity contribution is 8.00. The van der Waals surface area contributed by atoms with Crippen molar-refractivity contribution in [2.45, 2.75) is 0 Å². The van der Waals surface area contributed by atoms with Crippen molar-refractivity contribution in [1.82, 2.24) is 10.6 Å². The molecule has 0 aromatic rings. The molecule has 0 radical (unpaired) electrons. The molecular formula is C10H20N2O4S2. The molecular weight excluding hydrogens is 276 g/mol. The summed E-state index contributed by atoms with van der Waals surface area (Å²) in [6.07, 6.45) is 0. The Bertz CT molecular complexity index is 218. The number of rotatable bonds is 11. The van der Waals surface area contributed by atoms with E-state index in [1.165, 1.54) is 23.5 Å². The monoisotopic (exact) mass is 296 g/mol. The van der Waals surface area contributed by atoms with E-state index < -0.39 is 0 Å². The molecule has 0 atom stereocenters. The lowest BCUT2D eigenvalue weighted by molar-refractivity contribution is -0.120. The highest BCUT2D eigenvalue weighted by Gasteiger charge is 2.02. The van der Waals surface area contributed by atoms with Gasteiger partial charge in [-0.2, -0.15) is 0 Å². The van der Waals surface area contributed by atoms with Crippen LogP contribution in [0.25, 0.3) is 0 Å². The number of hydrogen-bond acceptors (Lipinski definition) is 6. The topological polar surface area (TPSA) is 98.7 Å². The summed E-state index contributed by atoms with van der Waals surface area (Å²) in [7, 11) is 0. The molecule has 0 aliphatic carbocycles. The highest BCUT2D eigenvalue weighted by atomic mass is 32.2. The zero-order valence-electron chi connectivity index (χ0n) is 10.2. The van der Waals surface area contributed by atoms with Crippen molar-refractivity contribution in [3.05, 3.63) is 0 Å². The molecule has 0 bridgehead atoms. The Balaban J connectivity index is 3.32. The van der Waals surface area contributed by atoms with Crippen molar-refractivity contribution in [1.29, 1.82) is 0 Å². The quantitative estimate of drug-likeness (QED) is 0.353. The van der Waals surface area contributed by atoms with Crippen molar-refractivity contribution in [3.63, 3.8) is 0 Å². The van der Waals surface area contributed by atoms with Crippen LogP contribution in [0, 0.1) is 0 Å². The zero-order valence-corrected chi connectivity index (χ0v) is 11.8. The minimum absolute atomic E-state index is 0.0690. The molecule has 0 unspecified atom stereocenters. The van der Waals surface area contributed by atoms with Crippen molar-refractivity contribution in [2.75, 3.05) is 49.3 Å². The summed E-state index contributed by atoms with van der Waals surface area (Å²) < 4.78 is 0. The first-order valence-corrected chi connectivity index (χ1v) is 7.92. The number of nitrogens with one attached hydrogen (secondary N) is 2. The third-order valence-corrected chi connectivity index (χ3v) is 3.58. The first-order chi connectivity index (χ1) is 8.70. The van der Waals surface area contributed by atoms with Gasteiger partial charge < -0.3 is 20.8 Å². The number of aliphatic hydroxyl groups is 2. The Morgan fingerprint density at radius 3 is 1.56 bits per heavy atom. The summed E-state index contributed by atoms with van der Waals surface area (Å²) in [6, 6.07) is 0. The van der Waals surface area contributed by atoms with Gasteiger partial charge in [0.05, 0.1) is 24.7 Å². The van der Waals surface area contributed by atoms with Crippen molar-refractivity contribution in [2.24, 2.45) is 0 Å². The largest absolute Gasteiger partial charge is 0.396 e. The van der Waals surface area contributed by atoms with Crippen molar-refractivity contribution < 1.29 is 19.8 Å². The van der Waals surface area contributed by atoms with Gasteiger partial charge in [-0.1, -0.05) is 0 Å². The lowest BCUT2D eigenvalue weighted by Gasteiger charge is -2.06. The molecule has 4 N–H and O–H groups in total. The smallest absolute Gasteiger partial charge is 0.230 e. The van der Waals surface area contributed by atoms with Crippen LogP contribution >= 0.6 is 23.5 Å². The Labute approximate surface area is 115 Å². The van der Waals surface area contributed by atoms with Gasteiger partial charge in [-0.05, 0) is 0 Å². The lowest BCUT2D eigenvalue weighted by atomic mass is 10.5. The van der Waals surface area contributed by atoms with Crippen molar-refractivity contribution in [3.8, 4) is 0 Å². The lowest BCUT2D eigenvalue weighted by Crippen LogP contribution is -2.36. The van der Waals surface area contributed by atoms with Crippen LogP contribution in [-0.2, 0) is 9.59 Å². The average molecular weight is 296 g/mol. The van der Waals surface area contributed by atoms with Crippen LogP contribution in [0.5, 0.6) is 0 Å². The van der Waals surface area contributed by atoms with Gasteiger partial charge in [0.15, 0.2) is 0 Å². The Kier molecular flexibility index (Phi) is 12.7. The summed E-state index contributed by atoms with van der Waals surface area (Å²) in [6.45, 7) is 0.933. The number of carbonyl (C=O) groups is 2. The van der Waals surface area contributed by atoms with Gasteiger partial charge >= 0.3 is 0 Å². The Hall–Kier alpha value is -0.440. The molecule has 0 saturated carbocycles. The second kappa shape index (κ2) is 13.0. The minimum atomic E-state index is -0.0997. The van der Waals surface area contributed by atoms with Gasteiger partial charge in [-0.15, -0.1) is 23.5 Å². The second-order valence-electron chi connectivity index (χ2n) is 3.25. The fourth-order valence-electron chi connectivity index (χ4n) is 0.965. The molecule has 0 aliphatic rings. The maximum Gasteiger partial charge on any atom is 0.230 e. The van der Waals surface area contributed by atoms with Crippen molar-refractivity contribution >= 4 is 35.3 Å². The van der Waals surface area contributed by atoms with E-state index >= 15 is 0 Å². The number of hydrogen-bond donors (Lipinski definition) is 4. The van der Waals surface area contributed by atoms with E-state index in [2.05, 4.69) is 10.6 Å². The zero-order chi connectivity index (χ0) is 13.6. The molecule has 0 aromatic carbocycles. The van der Waals surface area contributed by atoms with Crippen LogP contribution in [0.1, 0.15) is 0 Å². The molecule has 106 valence electrons. The fourth-order valence-corrected chi connectivity index (χ4v) is 2.09. The van der Waals surface area contributed by atoms with E-state index in [9.17, 15) is 9.59 Å². The molecule has 0 saturated heterocycles. The van der Waals surface area contributed by atoms with Gasteiger partial charge in [0.2, 0.25) is 11.8 Å². The van der Waals surface area contributed by atoms with Crippen LogP contribution < -0.4 is 10.6 Å². The molecule has 0 rings (SSSR count). The normalized spacial score (nSPS) is 10.1. The maximum atomic E-state index is 11.2. The standard InChI is InChI=1S/C10H20N2O4S2/c13-3-5-17-7-9(15)11-1-2-12-10(16)8-18-6-4-14/h13-14H,1-8H2,(H,11,15)(H,12,16). The van der Waals surface area contributed by atoms with Gasteiger partial charge in [0.25, 0.3) is 0 Å². The number of amides is 2. The average Bonchev–Trinajstić information content (AvgIpc) is 2.35.